The van der Waals surface area contributed by atoms with Crippen molar-refractivity contribution in [1.82, 2.24) is 9.80 Å². The molecule has 1 aliphatic rings. The Morgan fingerprint density at radius 1 is 1.28 bits per heavy atom. The minimum absolute atomic E-state index is 0.206. The lowest BCUT2D eigenvalue weighted by Crippen LogP contribution is -2.49. The summed E-state index contributed by atoms with van der Waals surface area (Å²) in [6.45, 7) is 11.4. The molecule has 0 aliphatic carbocycles. The van der Waals surface area contributed by atoms with Crippen LogP contribution in [0.2, 0.25) is 0 Å². The highest BCUT2D eigenvalue weighted by Crippen LogP contribution is 2.18. The summed E-state index contributed by atoms with van der Waals surface area (Å²) in [7, 11) is 0. The number of thiophene rings is 1. The maximum atomic E-state index is 12.3. The van der Waals surface area contributed by atoms with Gasteiger partial charge in [0.2, 0.25) is 0 Å². The van der Waals surface area contributed by atoms with Crippen molar-refractivity contribution in [3.63, 3.8) is 0 Å². The lowest BCUT2D eigenvalue weighted by Gasteiger charge is -2.35. The lowest BCUT2D eigenvalue weighted by molar-refractivity contribution is 0.0628. The van der Waals surface area contributed by atoms with E-state index in [9.17, 15) is 4.79 Å². The predicted octanol–water partition coefficient (Wildman–Crippen LogP) is 2.47. The van der Waals surface area contributed by atoms with Crippen LogP contribution >= 0.6 is 11.3 Å². The van der Waals surface area contributed by atoms with E-state index in [0.717, 1.165) is 37.6 Å². The molecule has 1 fully saturated rings. The van der Waals surface area contributed by atoms with Crippen molar-refractivity contribution in [2.24, 2.45) is 5.92 Å². The Kier molecular flexibility index (Phi) is 4.40. The van der Waals surface area contributed by atoms with Crippen LogP contribution < -0.4 is 0 Å². The Labute approximate surface area is 113 Å². The molecule has 1 aromatic rings. The zero-order chi connectivity index (χ0) is 13.1. The topological polar surface area (TPSA) is 23.6 Å². The summed E-state index contributed by atoms with van der Waals surface area (Å²) < 4.78 is 0. The molecule has 2 heterocycles. The maximum Gasteiger partial charge on any atom is 0.264 e. The first-order valence-corrected chi connectivity index (χ1v) is 7.46. The number of aryl methyl sites for hydroxylation is 1. The van der Waals surface area contributed by atoms with Gasteiger partial charge in [-0.2, -0.15) is 0 Å². The van der Waals surface area contributed by atoms with Crippen molar-refractivity contribution in [1.29, 1.82) is 0 Å². The maximum absolute atomic E-state index is 12.3. The normalized spacial score (nSPS) is 17.4. The molecule has 0 atom stereocenters. The fourth-order valence-corrected chi connectivity index (χ4v) is 3.19. The van der Waals surface area contributed by atoms with Gasteiger partial charge in [-0.3, -0.25) is 9.69 Å². The molecule has 0 aromatic carbocycles. The molecule has 0 bridgehead atoms. The highest BCUT2D eigenvalue weighted by Gasteiger charge is 2.23. The fraction of sp³-hybridized carbons (Fsp3) is 0.643. The molecule has 0 N–H and O–H groups in total. The summed E-state index contributed by atoms with van der Waals surface area (Å²) in [6, 6.07) is 3.97. The van der Waals surface area contributed by atoms with E-state index in [1.807, 2.05) is 24.0 Å². The van der Waals surface area contributed by atoms with E-state index in [0.29, 0.717) is 5.92 Å². The minimum atomic E-state index is 0.206. The standard InChI is InChI=1S/C14H22N2OS/c1-11(2)10-15-6-8-16(9-7-15)14(17)13-5-4-12(3)18-13/h4-5,11H,6-10H2,1-3H3. The van der Waals surface area contributed by atoms with Gasteiger partial charge in [-0.1, -0.05) is 13.8 Å². The molecule has 100 valence electrons. The van der Waals surface area contributed by atoms with Crippen LogP contribution in [0.25, 0.3) is 0 Å². The van der Waals surface area contributed by atoms with Crippen LogP contribution in [0.5, 0.6) is 0 Å². The van der Waals surface area contributed by atoms with Gasteiger partial charge in [-0.15, -0.1) is 11.3 Å². The Balaban J connectivity index is 1.88. The van der Waals surface area contributed by atoms with Crippen molar-refractivity contribution in [2.45, 2.75) is 20.8 Å². The van der Waals surface area contributed by atoms with Crippen LogP contribution in [-0.2, 0) is 0 Å². The highest BCUT2D eigenvalue weighted by atomic mass is 32.1. The van der Waals surface area contributed by atoms with E-state index >= 15 is 0 Å². The van der Waals surface area contributed by atoms with E-state index in [2.05, 4.69) is 18.7 Å². The van der Waals surface area contributed by atoms with Gasteiger partial charge >= 0.3 is 0 Å². The Bertz CT molecular complexity index is 406. The molecule has 4 heteroatoms. The second kappa shape index (κ2) is 5.85. The zero-order valence-corrected chi connectivity index (χ0v) is 12.3. The smallest absolute Gasteiger partial charge is 0.264 e. The van der Waals surface area contributed by atoms with Gasteiger partial charge in [-0.05, 0) is 25.0 Å². The number of rotatable bonds is 3. The van der Waals surface area contributed by atoms with Gasteiger partial charge in [0.1, 0.15) is 0 Å². The molecule has 0 unspecified atom stereocenters. The monoisotopic (exact) mass is 266 g/mol. The zero-order valence-electron chi connectivity index (χ0n) is 11.5. The lowest BCUT2D eigenvalue weighted by atomic mass is 10.2. The van der Waals surface area contributed by atoms with Crippen LogP contribution in [0.1, 0.15) is 28.4 Å². The van der Waals surface area contributed by atoms with E-state index < -0.39 is 0 Å². The molecule has 3 nitrogen and oxygen atoms in total. The van der Waals surface area contributed by atoms with Gasteiger partial charge in [0.25, 0.3) is 5.91 Å². The average molecular weight is 266 g/mol. The van der Waals surface area contributed by atoms with Crippen molar-refractivity contribution in [2.75, 3.05) is 32.7 Å². The number of hydrogen-bond acceptors (Lipinski definition) is 3. The average Bonchev–Trinajstić information content (AvgIpc) is 2.75. The minimum Gasteiger partial charge on any atom is -0.335 e. The molecule has 0 saturated carbocycles. The van der Waals surface area contributed by atoms with E-state index in [-0.39, 0.29) is 5.91 Å². The molecule has 18 heavy (non-hydrogen) atoms. The van der Waals surface area contributed by atoms with Gasteiger partial charge in [-0.25, -0.2) is 0 Å². The number of hydrogen-bond donors (Lipinski definition) is 0. The van der Waals surface area contributed by atoms with Gasteiger partial charge in [0.15, 0.2) is 0 Å². The van der Waals surface area contributed by atoms with E-state index in [1.54, 1.807) is 11.3 Å². The van der Waals surface area contributed by atoms with Crippen molar-refractivity contribution in [3.8, 4) is 0 Å². The van der Waals surface area contributed by atoms with Crippen LogP contribution in [0.4, 0.5) is 0 Å². The molecule has 0 radical (unpaired) electrons. The first-order valence-electron chi connectivity index (χ1n) is 6.64. The number of piperazine rings is 1. The SMILES string of the molecule is Cc1ccc(C(=O)N2CCN(CC(C)C)CC2)s1. The largest absolute Gasteiger partial charge is 0.335 e. The predicted molar refractivity (Wildman–Crippen MR) is 76.2 cm³/mol. The number of carbonyl (C=O) groups excluding carboxylic acids is 1. The van der Waals surface area contributed by atoms with Crippen LogP contribution in [0, 0.1) is 12.8 Å². The van der Waals surface area contributed by atoms with Crippen LogP contribution in [0.3, 0.4) is 0 Å². The van der Waals surface area contributed by atoms with Crippen molar-refractivity contribution in [3.05, 3.63) is 21.9 Å². The molecule has 1 saturated heterocycles. The molecule has 0 spiro atoms. The first kappa shape index (κ1) is 13.6. The Morgan fingerprint density at radius 2 is 1.94 bits per heavy atom. The van der Waals surface area contributed by atoms with E-state index in [4.69, 9.17) is 0 Å². The summed E-state index contributed by atoms with van der Waals surface area (Å²) in [5.41, 5.74) is 0. The molecule has 1 amide bonds. The molecule has 1 aromatic heterocycles. The molecular weight excluding hydrogens is 244 g/mol. The van der Waals surface area contributed by atoms with E-state index in [1.165, 1.54) is 4.88 Å². The third-order valence-electron chi connectivity index (χ3n) is 3.23. The van der Waals surface area contributed by atoms with Gasteiger partial charge in [0.05, 0.1) is 4.88 Å². The second-order valence-electron chi connectivity index (χ2n) is 5.40. The van der Waals surface area contributed by atoms with Gasteiger partial charge < -0.3 is 4.90 Å². The third kappa shape index (κ3) is 3.33. The van der Waals surface area contributed by atoms with Crippen LogP contribution in [-0.4, -0.2) is 48.4 Å². The molecule has 2 rings (SSSR count). The second-order valence-corrected chi connectivity index (χ2v) is 6.68. The summed E-state index contributed by atoms with van der Waals surface area (Å²) in [5.74, 6) is 0.907. The molecular formula is C14H22N2OS. The Morgan fingerprint density at radius 3 is 2.44 bits per heavy atom. The summed E-state index contributed by atoms with van der Waals surface area (Å²) in [6.07, 6.45) is 0. The highest BCUT2D eigenvalue weighted by molar-refractivity contribution is 7.13. The number of nitrogens with zero attached hydrogens (tertiary/aromatic N) is 2. The first-order chi connectivity index (χ1) is 8.56. The number of amides is 1. The fourth-order valence-electron chi connectivity index (χ4n) is 2.36. The quantitative estimate of drug-likeness (QED) is 0.839. The summed E-state index contributed by atoms with van der Waals surface area (Å²) in [5, 5.41) is 0. The number of carbonyl (C=O) groups is 1. The van der Waals surface area contributed by atoms with Crippen molar-refractivity contribution >= 4 is 17.2 Å². The third-order valence-corrected chi connectivity index (χ3v) is 4.22. The van der Waals surface area contributed by atoms with Crippen molar-refractivity contribution < 1.29 is 4.79 Å². The Hall–Kier alpha value is -0.870. The van der Waals surface area contributed by atoms with Crippen LogP contribution in [0.15, 0.2) is 12.1 Å². The summed E-state index contributed by atoms with van der Waals surface area (Å²) >= 11 is 1.60. The molecule has 1 aliphatic heterocycles. The van der Waals surface area contributed by atoms with Gasteiger partial charge in [0, 0.05) is 37.6 Å². The summed E-state index contributed by atoms with van der Waals surface area (Å²) in [4.78, 5) is 18.8.